The third-order valence-corrected chi connectivity index (χ3v) is 2.40. The van der Waals surface area contributed by atoms with Gasteiger partial charge >= 0.3 is 0 Å². The van der Waals surface area contributed by atoms with Crippen molar-refractivity contribution in [2.75, 3.05) is 0 Å². The van der Waals surface area contributed by atoms with Crippen molar-refractivity contribution in [2.45, 2.75) is 6.67 Å². The Bertz CT molecular complexity index is 410. The second-order valence-corrected chi connectivity index (χ2v) is 3.32. The molecule has 2 rings (SSSR count). The van der Waals surface area contributed by atoms with Gasteiger partial charge in [-0.15, -0.1) is 0 Å². The number of fused-ring (bicyclic) bond motifs is 1. The minimum absolute atomic E-state index is 0.515. The molecule has 0 amide bonds. The van der Waals surface area contributed by atoms with Crippen molar-refractivity contribution in [1.29, 1.82) is 0 Å². The van der Waals surface area contributed by atoms with Crippen LogP contribution in [0.15, 0.2) is 22.7 Å². The fraction of sp³-hybridized carbons (Fsp3) is 0.125. The van der Waals surface area contributed by atoms with Crippen LogP contribution >= 0.6 is 15.9 Å². The molecule has 0 saturated heterocycles. The maximum Gasteiger partial charge on any atom is 0.132 e. The largest absolute Gasteiger partial charge is 0.279 e. The van der Waals surface area contributed by atoms with Gasteiger partial charge in [0.1, 0.15) is 6.67 Å². The molecule has 0 saturated carbocycles. The van der Waals surface area contributed by atoms with Crippen LogP contribution in [0.1, 0.15) is 5.69 Å². The summed E-state index contributed by atoms with van der Waals surface area (Å²) in [4.78, 5) is 0. The highest BCUT2D eigenvalue weighted by molar-refractivity contribution is 9.10. The van der Waals surface area contributed by atoms with Crippen molar-refractivity contribution in [3.63, 3.8) is 0 Å². The Balaban J connectivity index is 2.83. The summed E-state index contributed by atoms with van der Waals surface area (Å²) in [6, 6.07) is 5.59. The number of aromatic nitrogens is 2. The number of hydrogen-bond acceptors (Lipinski definition) is 1. The number of nitrogens with zero attached hydrogens (tertiary/aromatic N) is 1. The minimum Gasteiger partial charge on any atom is -0.279 e. The lowest BCUT2D eigenvalue weighted by molar-refractivity contribution is 0.477. The van der Waals surface area contributed by atoms with Gasteiger partial charge in [0.15, 0.2) is 0 Å². The van der Waals surface area contributed by atoms with Crippen LogP contribution in [-0.2, 0) is 6.67 Å². The number of nitrogens with one attached hydrogen (secondary N) is 1. The molecule has 0 fully saturated rings. The summed E-state index contributed by atoms with van der Waals surface area (Å²) in [5, 5.41) is 7.44. The van der Waals surface area contributed by atoms with E-state index in [2.05, 4.69) is 26.1 Å². The number of alkyl halides is 1. The van der Waals surface area contributed by atoms with Gasteiger partial charge in [-0.05, 0) is 12.1 Å². The van der Waals surface area contributed by atoms with Crippen LogP contribution < -0.4 is 0 Å². The number of rotatable bonds is 1. The molecular weight excluding hydrogens is 223 g/mol. The van der Waals surface area contributed by atoms with Gasteiger partial charge in [-0.25, -0.2) is 4.39 Å². The van der Waals surface area contributed by atoms with Gasteiger partial charge in [0.05, 0.1) is 11.2 Å². The monoisotopic (exact) mass is 228 g/mol. The SMILES string of the molecule is FCc1[nH]nc2cccc(Br)c12. The molecule has 62 valence electrons. The second kappa shape index (κ2) is 2.86. The minimum atomic E-state index is -0.515. The molecule has 0 aliphatic carbocycles. The van der Waals surface area contributed by atoms with E-state index in [1.54, 1.807) is 0 Å². The third-order valence-electron chi connectivity index (χ3n) is 1.74. The molecule has 0 spiro atoms. The normalized spacial score (nSPS) is 10.8. The quantitative estimate of drug-likeness (QED) is 0.800. The highest BCUT2D eigenvalue weighted by Gasteiger charge is 2.06. The fourth-order valence-electron chi connectivity index (χ4n) is 1.18. The summed E-state index contributed by atoms with van der Waals surface area (Å²) in [6.07, 6.45) is 0. The van der Waals surface area contributed by atoms with Crippen LogP contribution in [0.2, 0.25) is 0 Å². The van der Waals surface area contributed by atoms with E-state index < -0.39 is 6.67 Å². The van der Waals surface area contributed by atoms with Crippen molar-refractivity contribution in [3.8, 4) is 0 Å². The van der Waals surface area contributed by atoms with Crippen molar-refractivity contribution >= 4 is 26.8 Å². The lowest BCUT2D eigenvalue weighted by Crippen LogP contribution is -1.78. The Kier molecular flexibility index (Phi) is 1.84. The van der Waals surface area contributed by atoms with Crippen LogP contribution in [0.5, 0.6) is 0 Å². The van der Waals surface area contributed by atoms with E-state index in [4.69, 9.17) is 0 Å². The van der Waals surface area contributed by atoms with E-state index in [0.717, 1.165) is 15.4 Å². The first-order chi connectivity index (χ1) is 5.83. The summed E-state index contributed by atoms with van der Waals surface area (Å²) in [6.45, 7) is -0.515. The molecule has 12 heavy (non-hydrogen) atoms. The zero-order valence-corrected chi connectivity index (χ0v) is 7.73. The van der Waals surface area contributed by atoms with E-state index in [0.29, 0.717) is 5.69 Å². The molecule has 0 radical (unpaired) electrons. The molecule has 4 heteroatoms. The van der Waals surface area contributed by atoms with E-state index in [9.17, 15) is 4.39 Å². The van der Waals surface area contributed by atoms with Crippen LogP contribution in [0.4, 0.5) is 4.39 Å². The fourth-order valence-corrected chi connectivity index (χ4v) is 1.78. The Hall–Kier alpha value is -0.900. The molecule has 1 aromatic carbocycles. The zero-order chi connectivity index (χ0) is 8.55. The number of hydrogen-bond donors (Lipinski definition) is 1. The number of H-pyrrole nitrogens is 1. The smallest absolute Gasteiger partial charge is 0.132 e. The highest BCUT2D eigenvalue weighted by Crippen LogP contribution is 2.25. The molecule has 0 aliphatic rings. The summed E-state index contributed by atoms with van der Waals surface area (Å²) in [5.41, 5.74) is 1.31. The van der Waals surface area contributed by atoms with Crippen LogP contribution in [-0.4, -0.2) is 10.2 Å². The summed E-state index contributed by atoms with van der Waals surface area (Å²) in [5.74, 6) is 0. The Morgan fingerprint density at radius 1 is 1.50 bits per heavy atom. The molecule has 0 aliphatic heterocycles. The van der Waals surface area contributed by atoms with E-state index in [1.165, 1.54) is 0 Å². The predicted molar refractivity (Wildman–Crippen MR) is 48.6 cm³/mol. The third kappa shape index (κ3) is 1.03. The molecule has 0 atom stereocenters. The van der Waals surface area contributed by atoms with E-state index in [-0.39, 0.29) is 0 Å². The predicted octanol–water partition coefficient (Wildman–Crippen LogP) is 2.79. The zero-order valence-electron chi connectivity index (χ0n) is 6.14. The molecule has 0 bridgehead atoms. The van der Waals surface area contributed by atoms with Gasteiger partial charge in [0.2, 0.25) is 0 Å². The first-order valence-corrected chi connectivity index (χ1v) is 4.29. The topological polar surface area (TPSA) is 28.7 Å². The molecule has 2 aromatic rings. The van der Waals surface area contributed by atoms with E-state index >= 15 is 0 Å². The van der Waals surface area contributed by atoms with Gasteiger partial charge in [0.25, 0.3) is 0 Å². The molecule has 1 aromatic heterocycles. The number of benzene rings is 1. The van der Waals surface area contributed by atoms with Gasteiger partial charge in [-0.2, -0.15) is 5.10 Å². The van der Waals surface area contributed by atoms with Gasteiger partial charge in [-0.3, -0.25) is 5.10 Å². The van der Waals surface area contributed by atoms with Crippen molar-refractivity contribution in [3.05, 3.63) is 28.4 Å². The lowest BCUT2D eigenvalue weighted by atomic mass is 10.2. The summed E-state index contributed by atoms with van der Waals surface area (Å²) in [7, 11) is 0. The van der Waals surface area contributed by atoms with Crippen molar-refractivity contribution in [2.24, 2.45) is 0 Å². The van der Waals surface area contributed by atoms with Gasteiger partial charge in [0, 0.05) is 9.86 Å². The molecular formula is C8H6BrFN2. The average molecular weight is 229 g/mol. The Morgan fingerprint density at radius 2 is 2.33 bits per heavy atom. The Labute approximate surface area is 76.9 Å². The first-order valence-electron chi connectivity index (χ1n) is 3.50. The van der Waals surface area contributed by atoms with Gasteiger partial charge in [-0.1, -0.05) is 22.0 Å². The summed E-state index contributed by atoms with van der Waals surface area (Å²) < 4.78 is 13.3. The Morgan fingerprint density at radius 3 is 3.08 bits per heavy atom. The molecule has 0 unspecified atom stereocenters. The standard InChI is InChI=1S/C8H6BrFN2/c9-5-2-1-3-6-8(5)7(4-10)12-11-6/h1-3H,4H2,(H,11,12). The average Bonchev–Trinajstić information content (AvgIpc) is 2.49. The van der Waals surface area contributed by atoms with Crippen LogP contribution in [0.25, 0.3) is 10.9 Å². The first kappa shape index (κ1) is 7.73. The van der Waals surface area contributed by atoms with Gasteiger partial charge < -0.3 is 0 Å². The second-order valence-electron chi connectivity index (χ2n) is 2.47. The number of halogens is 2. The van der Waals surface area contributed by atoms with Crippen molar-refractivity contribution in [1.82, 2.24) is 10.2 Å². The number of aromatic amines is 1. The highest BCUT2D eigenvalue weighted by atomic mass is 79.9. The molecule has 1 N–H and O–H groups in total. The lowest BCUT2D eigenvalue weighted by Gasteiger charge is -1.93. The van der Waals surface area contributed by atoms with Crippen molar-refractivity contribution < 1.29 is 4.39 Å². The van der Waals surface area contributed by atoms with Crippen LogP contribution in [0.3, 0.4) is 0 Å². The molecule has 2 nitrogen and oxygen atoms in total. The molecule has 1 heterocycles. The maximum absolute atomic E-state index is 12.4. The maximum atomic E-state index is 12.4. The van der Waals surface area contributed by atoms with Crippen LogP contribution in [0, 0.1) is 0 Å². The van der Waals surface area contributed by atoms with E-state index in [1.807, 2.05) is 18.2 Å². The summed E-state index contributed by atoms with van der Waals surface area (Å²) >= 11 is 3.34.